The van der Waals surface area contributed by atoms with E-state index in [9.17, 15) is 8.42 Å². The second-order valence-electron chi connectivity index (χ2n) is 4.12. The molecule has 0 saturated heterocycles. The molecule has 2 aromatic rings. The summed E-state index contributed by atoms with van der Waals surface area (Å²) in [6.45, 7) is 5.21. The summed E-state index contributed by atoms with van der Waals surface area (Å²) in [6, 6.07) is 3.44. The van der Waals surface area contributed by atoms with Crippen molar-refractivity contribution in [1.29, 1.82) is 0 Å². The molecule has 6 nitrogen and oxygen atoms in total. The Kier molecular flexibility index (Phi) is 3.46. The summed E-state index contributed by atoms with van der Waals surface area (Å²) in [6.07, 6.45) is 0. The highest BCUT2D eigenvalue weighted by molar-refractivity contribution is 7.94. The van der Waals surface area contributed by atoms with Crippen molar-refractivity contribution in [2.24, 2.45) is 0 Å². The molecule has 0 aliphatic carbocycles. The zero-order chi connectivity index (χ0) is 14.2. The van der Waals surface area contributed by atoms with Crippen LogP contribution in [-0.2, 0) is 10.0 Å². The molecule has 0 saturated carbocycles. The zero-order valence-electron chi connectivity index (χ0n) is 10.8. The predicted octanol–water partition coefficient (Wildman–Crippen LogP) is 1.85. The van der Waals surface area contributed by atoms with Gasteiger partial charge in [-0.3, -0.25) is 9.71 Å². The van der Waals surface area contributed by atoms with Gasteiger partial charge in [-0.2, -0.15) is 0 Å². The van der Waals surface area contributed by atoms with Gasteiger partial charge in [0.25, 0.3) is 10.0 Å². The molecule has 0 radical (unpaired) electrons. The Morgan fingerprint density at radius 3 is 2.37 bits per heavy atom. The van der Waals surface area contributed by atoms with Crippen molar-refractivity contribution < 1.29 is 8.42 Å². The lowest BCUT2D eigenvalue weighted by atomic mass is 10.3. The quantitative estimate of drug-likeness (QED) is 0.901. The third kappa shape index (κ3) is 2.85. The van der Waals surface area contributed by atoms with Crippen LogP contribution in [0.15, 0.2) is 16.3 Å². The summed E-state index contributed by atoms with van der Waals surface area (Å²) in [5, 5.41) is 0.233. The normalized spacial score (nSPS) is 11.5. The van der Waals surface area contributed by atoms with Crippen LogP contribution in [0, 0.1) is 20.8 Å². The fourth-order valence-corrected chi connectivity index (χ4v) is 4.06. The second-order valence-corrected chi connectivity index (χ2v) is 7.02. The lowest BCUT2D eigenvalue weighted by Gasteiger charge is -2.09. The molecule has 2 rings (SSSR count). The molecule has 0 amide bonds. The van der Waals surface area contributed by atoms with E-state index < -0.39 is 10.0 Å². The predicted molar refractivity (Wildman–Crippen MR) is 75.8 cm³/mol. The first-order valence-corrected chi connectivity index (χ1v) is 7.79. The monoisotopic (exact) mass is 298 g/mol. The van der Waals surface area contributed by atoms with Crippen LogP contribution in [0.25, 0.3) is 0 Å². The fourth-order valence-electron chi connectivity index (χ4n) is 1.64. The van der Waals surface area contributed by atoms with E-state index in [4.69, 9.17) is 5.73 Å². The zero-order valence-corrected chi connectivity index (χ0v) is 12.4. The minimum atomic E-state index is -3.67. The number of thiazole rings is 1. The standard InChI is InChI=1S/C11H14N4O2S2/c1-6-4-5-9(7(2)13-6)15-19(16,17)10-8(3)14-11(12)18-10/h4-5,15H,1-3H3,(H2,12,14). The van der Waals surface area contributed by atoms with Gasteiger partial charge in [-0.05, 0) is 32.9 Å². The number of hydrogen-bond donors (Lipinski definition) is 2. The number of nitrogen functional groups attached to an aromatic ring is 1. The van der Waals surface area contributed by atoms with Crippen molar-refractivity contribution in [2.45, 2.75) is 25.0 Å². The maximum absolute atomic E-state index is 12.2. The van der Waals surface area contributed by atoms with Gasteiger partial charge in [0, 0.05) is 5.69 Å². The molecule has 0 aromatic carbocycles. The topological polar surface area (TPSA) is 98.0 Å². The Hall–Kier alpha value is -1.67. The SMILES string of the molecule is Cc1ccc(NS(=O)(=O)c2sc(N)nc2C)c(C)n1. The van der Waals surface area contributed by atoms with Crippen LogP contribution in [0.5, 0.6) is 0 Å². The molecular weight excluding hydrogens is 284 g/mol. The van der Waals surface area contributed by atoms with Crippen LogP contribution in [0.2, 0.25) is 0 Å². The smallest absolute Gasteiger partial charge is 0.273 e. The molecular formula is C11H14N4O2S2. The molecule has 102 valence electrons. The van der Waals surface area contributed by atoms with Crippen molar-refractivity contribution in [2.75, 3.05) is 10.5 Å². The first-order valence-electron chi connectivity index (χ1n) is 5.49. The number of aryl methyl sites for hydroxylation is 3. The van der Waals surface area contributed by atoms with Crippen LogP contribution in [-0.4, -0.2) is 18.4 Å². The maximum Gasteiger partial charge on any atom is 0.273 e. The molecule has 0 unspecified atom stereocenters. The van der Waals surface area contributed by atoms with Crippen LogP contribution in [0.3, 0.4) is 0 Å². The molecule has 0 aliphatic rings. The van der Waals surface area contributed by atoms with Crippen molar-refractivity contribution in [1.82, 2.24) is 9.97 Å². The average molecular weight is 298 g/mol. The Balaban J connectivity index is 2.39. The minimum absolute atomic E-state index is 0.130. The van der Waals surface area contributed by atoms with Crippen LogP contribution < -0.4 is 10.5 Å². The summed E-state index contributed by atoms with van der Waals surface area (Å²) in [5.41, 5.74) is 7.83. The highest BCUT2D eigenvalue weighted by Crippen LogP contribution is 2.27. The average Bonchev–Trinajstić information content (AvgIpc) is 2.63. The van der Waals surface area contributed by atoms with Gasteiger partial charge in [0.05, 0.1) is 17.1 Å². The Morgan fingerprint density at radius 1 is 1.16 bits per heavy atom. The van der Waals surface area contributed by atoms with Gasteiger partial charge in [-0.1, -0.05) is 11.3 Å². The van der Waals surface area contributed by atoms with Crippen molar-refractivity contribution in [3.05, 3.63) is 29.2 Å². The van der Waals surface area contributed by atoms with E-state index in [-0.39, 0.29) is 9.34 Å². The molecule has 0 aliphatic heterocycles. The highest BCUT2D eigenvalue weighted by Gasteiger charge is 2.22. The number of nitrogens with one attached hydrogen (secondary N) is 1. The number of hydrogen-bond acceptors (Lipinski definition) is 6. The molecule has 19 heavy (non-hydrogen) atoms. The number of sulfonamides is 1. The van der Waals surface area contributed by atoms with Gasteiger partial charge in [0.15, 0.2) is 9.34 Å². The van der Waals surface area contributed by atoms with Crippen LogP contribution in [0.1, 0.15) is 17.1 Å². The molecule has 3 N–H and O–H groups in total. The molecule has 0 spiro atoms. The van der Waals surface area contributed by atoms with Crippen LogP contribution in [0.4, 0.5) is 10.8 Å². The number of nitrogens with zero attached hydrogens (tertiary/aromatic N) is 2. The number of rotatable bonds is 3. The van der Waals surface area contributed by atoms with E-state index in [0.717, 1.165) is 17.0 Å². The summed E-state index contributed by atoms with van der Waals surface area (Å²) in [4.78, 5) is 8.13. The summed E-state index contributed by atoms with van der Waals surface area (Å²) >= 11 is 0.945. The largest absolute Gasteiger partial charge is 0.375 e. The Labute approximate surface area is 115 Å². The van der Waals surface area contributed by atoms with E-state index in [1.165, 1.54) is 0 Å². The number of pyridine rings is 1. The first-order chi connectivity index (χ1) is 8.79. The molecule has 2 heterocycles. The van der Waals surface area contributed by atoms with Gasteiger partial charge in [-0.15, -0.1) is 0 Å². The first kappa shape index (κ1) is 13.8. The Morgan fingerprint density at radius 2 is 1.84 bits per heavy atom. The lowest BCUT2D eigenvalue weighted by molar-refractivity contribution is 0.602. The number of nitrogens with two attached hydrogens (primary N) is 1. The van der Waals surface area contributed by atoms with Crippen molar-refractivity contribution >= 4 is 32.2 Å². The molecule has 0 fully saturated rings. The molecule has 0 atom stereocenters. The van der Waals surface area contributed by atoms with Gasteiger partial charge < -0.3 is 5.73 Å². The summed E-state index contributed by atoms with van der Waals surface area (Å²) in [5.74, 6) is 0. The third-order valence-electron chi connectivity index (χ3n) is 2.48. The van der Waals surface area contributed by atoms with E-state index >= 15 is 0 Å². The fraction of sp³-hybridized carbons (Fsp3) is 0.273. The van der Waals surface area contributed by atoms with Crippen molar-refractivity contribution in [3.63, 3.8) is 0 Å². The third-order valence-corrected chi connectivity index (χ3v) is 5.45. The van der Waals surface area contributed by atoms with E-state index in [1.54, 1.807) is 26.0 Å². The van der Waals surface area contributed by atoms with Crippen molar-refractivity contribution in [3.8, 4) is 0 Å². The number of anilines is 2. The highest BCUT2D eigenvalue weighted by atomic mass is 32.2. The van der Waals surface area contributed by atoms with Gasteiger partial charge in [0.1, 0.15) is 0 Å². The minimum Gasteiger partial charge on any atom is -0.375 e. The van der Waals surface area contributed by atoms with Gasteiger partial charge in [0.2, 0.25) is 0 Å². The Bertz CT molecular complexity index is 722. The summed E-state index contributed by atoms with van der Waals surface area (Å²) < 4.78 is 27.1. The van der Waals surface area contributed by atoms with Crippen LogP contribution >= 0.6 is 11.3 Å². The van der Waals surface area contributed by atoms with E-state index in [1.807, 2.05) is 6.92 Å². The van der Waals surface area contributed by atoms with Gasteiger partial charge >= 0.3 is 0 Å². The molecule has 8 heteroatoms. The molecule has 2 aromatic heterocycles. The lowest BCUT2D eigenvalue weighted by Crippen LogP contribution is -2.14. The van der Waals surface area contributed by atoms with Gasteiger partial charge in [-0.25, -0.2) is 13.4 Å². The molecule has 0 bridgehead atoms. The van der Waals surface area contributed by atoms with E-state index in [2.05, 4.69) is 14.7 Å². The second kappa shape index (κ2) is 4.78. The number of aromatic nitrogens is 2. The van der Waals surface area contributed by atoms with E-state index in [0.29, 0.717) is 17.1 Å². The summed E-state index contributed by atoms with van der Waals surface area (Å²) in [7, 11) is -3.67. The maximum atomic E-state index is 12.2.